The highest BCUT2D eigenvalue weighted by molar-refractivity contribution is 6.30. The van der Waals surface area contributed by atoms with E-state index in [4.69, 9.17) is 23.1 Å². The number of hydrogen-bond acceptors (Lipinski definition) is 2. The maximum absolute atomic E-state index is 10.6. The van der Waals surface area contributed by atoms with Gasteiger partial charge in [-0.25, -0.2) is 0 Å². The molecule has 4 heteroatoms. The van der Waals surface area contributed by atoms with Gasteiger partial charge in [0.2, 0.25) is 0 Å². The van der Waals surface area contributed by atoms with E-state index < -0.39 is 5.91 Å². The number of benzene rings is 1. The highest BCUT2D eigenvalue weighted by Crippen LogP contribution is 2.12. The van der Waals surface area contributed by atoms with Gasteiger partial charge in [0.25, 0.3) is 5.91 Å². The number of primary amides is 1. The van der Waals surface area contributed by atoms with Crippen molar-refractivity contribution < 1.29 is 4.79 Å². The van der Waals surface area contributed by atoms with Gasteiger partial charge in [0.1, 0.15) is 0 Å². The minimum atomic E-state index is -0.639. The normalized spacial score (nSPS) is 11.3. The zero-order valence-electron chi connectivity index (χ0n) is 6.83. The highest BCUT2D eigenvalue weighted by Gasteiger charge is 1.98. The summed E-state index contributed by atoms with van der Waals surface area (Å²) in [6.07, 6.45) is 1.48. The lowest BCUT2D eigenvalue weighted by atomic mass is 10.2. The van der Waals surface area contributed by atoms with Crippen LogP contribution in [-0.4, -0.2) is 5.91 Å². The SMILES string of the molecule is NC(=O)/C(N)=C/c1cccc(Cl)c1. The Morgan fingerprint density at radius 1 is 1.38 bits per heavy atom. The van der Waals surface area contributed by atoms with Gasteiger partial charge in [-0.2, -0.15) is 0 Å². The molecule has 0 aliphatic heterocycles. The van der Waals surface area contributed by atoms with Crippen LogP contribution in [0.2, 0.25) is 5.02 Å². The molecule has 0 aliphatic rings. The largest absolute Gasteiger partial charge is 0.394 e. The first kappa shape index (κ1) is 9.61. The fraction of sp³-hybridized carbons (Fsp3) is 0. The van der Waals surface area contributed by atoms with Gasteiger partial charge in [0.15, 0.2) is 0 Å². The molecule has 0 atom stereocenters. The average molecular weight is 197 g/mol. The van der Waals surface area contributed by atoms with Crippen molar-refractivity contribution in [2.45, 2.75) is 0 Å². The molecule has 0 saturated heterocycles. The van der Waals surface area contributed by atoms with Gasteiger partial charge in [-0.1, -0.05) is 23.7 Å². The molecule has 0 fully saturated rings. The average Bonchev–Trinajstić information content (AvgIpc) is 2.04. The maximum atomic E-state index is 10.6. The van der Waals surface area contributed by atoms with Gasteiger partial charge in [-0.15, -0.1) is 0 Å². The monoisotopic (exact) mass is 196 g/mol. The summed E-state index contributed by atoms with van der Waals surface area (Å²) in [5, 5.41) is 0.589. The first-order valence-corrected chi connectivity index (χ1v) is 4.00. The number of carbonyl (C=O) groups is 1. The van der Waals surface area contributed by atoms with E-state index in [-0.39, 0.29) is 5.70 Å². The van der Waals surface area contributed by atoms with Crippen LogP contribution in [0.25, 0.3) is 6.08 Å². The summed E-state index contributed by atoms with van der Waals surface area (Å²) in [6, 6.07) is 6.97. The Labute approximate surface area is 81.0 Å². The van der Waals surface area contributed by atoms with E-state index in [0.717, 1.165) is 5.56 Å². The molecular weight excluding hydrogens is 188 g/mol. The molecule has 13 heavy (non-hydrogen) atoms. The van der Waals surface area contributed by atoms with Crippen LogP contribution in [0.3, 0.4) is 0 Å². The van der Waals surface area contributed by atoms with Gasteiger partial charge in [-0.3, -0.25) is 4.79 Å². The fourth-order valence-corrected chi connectivity index (χ4v) is 1.05. The predicted molar refractivity (Wildman–Crippen MR) is 52.8 cm³/mol. The Hall–Kier alpha value is -1.48. The molecule has 1 amide bonds. The van der Waals surface area contributed by atoms with Gasteiger partial charge in [0, 0.05) is 5.02 Å². The Balaban J connectivity index is 2.97. The molecule has 1 aromatic carbocycles. The third kappa shape index (κ3) is 2.80. The summed E-state index contributed by atoms with van der Waals surface area (Å²) in [4.78, 5) is 10.6. The van der Waals surface area contributed by atoms with Gasteiger partial charge in [-0.05, 0) is 23.8 Å². The number of carbonyl (C=O) groups excluding carboxylic acids is 1. The lowest BCUT2D eigenvalue weighted by molar-refractivity contribution is -0.114. The first-order valence-electron chi connectivity index (χ1n) is 3.62. The fourth-order valence-electron chi connectivity index (χ4n) is 0.847. The Morgan fingerprint density at radius 2 is 2.08 bits per heavy atom. The minimum absolute atomic E-state index is 0.0160. The quantitative estimate of drug-likeness (QED) is 0.697. The Morgan fingerprint density at radius 3 is 2.62 bits per heavy atom. The van der Waals surface area contributed by atoms with Crippen molar-refractivity contribution in [1.29, 1.82) is 0 Å². The van der Waals surface area contributed by atoms with Crippen molar-refractivity contribution in [3.63, 3.8) is 0 Å². The summed E-state index contributed by atoms with van der Waals surface area (Å²) in [6.45, 7) is 0. The van der Waals surface area contributed by atoms with Crippen molar-refractivity contribution in [2.24, 2.45) is 11.5 Å². The molecule has 0 aromatic heterocycles. The van der Waals surface area contributed by atoms with Crippen LogP contribution in [-0.2, 0) is 4.79 Å². The molecule has 0 heterocycles. The number of amides is 1. The molecule has 0 aliphatic carbocycles. The lowest BCUT2D eigenvalue weighted by Crippen LogP contribution is -2.19. The second-order valence-corrected chi connectivity index (χ2v) is 2.96. The molecule has 0 saturated carbocycles. The van der Waals surface area contributed by atoms with Crippen LogP contribution in [0.15, 0.2) is 30.0 Å². The number of hydrogen-bond donors (Lipinski definition) is 2. The minimum Gasteiger partial charge on any atom is -0.394 e. The molecule has 68 valence electrons. The summed E-state index contributed by atoms with van der Waals surface area (Å²) in [5.74, 6) is -0.639. The highest BCUT2D eigenvalue weighted by atomic mass is 35.5. The van der Waals surface area contributed by atoms with Crippen LogP contribution in [0.5, 0.6) is 0 Å². The molecule has 1 aromatic rings. The van der Waals surface area contributed by atoms with Crippen LogP contribution < -0.4 is 11.5 Å². The Bertz CT molecular complexity index is 360. The van der Waals surface area contributed by atoms with Crippen LogP contribution >= 0.6 is 11.6 Å². The van der Waals surface area contributed by atoms with Crippen LogP contribution in [0.1, 0.15) is 5.56 Å². The maximum Gasteiger partial charge on any atom is 0.264 e. The molecule has 0 spiro atoms. The molecule has 0 radical (unpaired) electrons. The second kappa shape index (κ2) is 3.96. The first-order chi connectivity index (χ1) is 6.09. The van der Waals surface area contributed by atoms with Crippen LogP contribution in [0.4, 0.5) is 0 Å². The third-order valence-electron chi connectivity index (χ3n) is 1.46. The predicted octanol–water partition coefficient (Wildman–Crippen LogP) is 1.12. The topological polar surface area (TPSA) is 69.1 Å². The molecule has 1 rings (SSSR count). The Kier molecular flexibility index (Phi) is 2.93. The van der Waals surface area contributed by atoms with Crippen molar-refractivity contribution in [3.8, 4) is 0 Å². The molecule has 4 N–H and O–H groups in total. The van der Waals surface area contributed by atoms with Crippen molar-refractivity contribution in [1.82, 2.24) is 0 Å². The summed E-state index contributed by atoms with van der Waals surface area (Å²) >= 11 is 5.72. The van der Waals surface area contributed by atoms with E-state index in [0.29, 0.717) is 5.02 Å². The lowest BCUT2D eigenvalue weighted by Gasteiger charge is -1.96. The van der Waals surface area contributed by atoms with Crippen molar-refractivity contribution in [2.75, 3.05) is 0 Å². The van der Waals surface area contributed by atoms with E-state index >= 15 is 0 Å². The second-order valence-electron chi connectivity index (χ2n) is 2.52. The van der Waals surface area contributed by atoms with E-state index in [9.17, 15) is 4.79 Å². The van der Waals surface area contributed by atoms with Gasteiger partial charge >= 0.3 is 0 Å². The summed E-state index contributed by atoms with van der Waals surface area (Å²) < 4.78 is 0. The smallest absolute Gasteiger partial charge is 0.264 e. The third-order valence-corrected chi connectivity index (χ3v) is 1.69. The van der Waals surface area contributed by atoms with Crippen molar-refractivity contribution in [3.05, 3.63) is 40.5 Å². The van der Waals surface area contributed by atoms with Gasteiger partial charge in [0.05, 0.1) is 5.70 Å². The molecule has 0 bridgehead atoms. The van der Waals surface area contributed by atoms with E-state index in [1.165, 1.54) is 6.08 Å². The standard InChI is InChI=1S/C9H9ClN2O/c10-7-3-1-2-6(4-7)5-8(11)9(12)13/h1-5H,11H2,(H2,12,13)/b8-5-. The molecule has 0 unspecified atom stereocenters. The zero-order valence-corrected chi connectivity index (χ0v) is 7.58. The molecular formula is C9H9ClN2O. The van der Waals surface area contributed by atoms with Crippen LogP contribution in [0, 0.1) is 0 Å². The zero-order chi connectivity index (χ0) is 9.84. The summed E-state index contributed by atoms with van der Waals surface area (Å²) in [7, 11) is 0. The van der Waals surface area contributed by atoms with Crippen molar-refractivity contribution >= 4 is 23.6 Å². The number of rotatable bonds is 2. The van der Waals surface area contributed by atoms with Gasteiger partial charge < -0.3 is 11.5 Å². The molecule has 3 nitrogen and oxygen atoms in total. The number of halogens is 1. The van der Waals surface area contributed by atoms with E-state index in [1.807, 2.05) is 0 Å². The van der Waals surface area contributed by atoms with E-state index in [1.54, 1.807) is 24.3 Å². The van der Waals surface area contributed by atoms with E-state index in [2.05, 4.69) is 0 Å². The summed E-state index contributed by atoms with van der Waals surface area (Å²) in [5.41, 5.74) is 11.1. The number of nitrogens with two attached hydrogens (primary N) is 2.